The molecule has 2 aromatic rings. The number of unbranched alkanes of at least 4 members (excludes halogenated alkanes) is 1. The van der Waals surface area contributed by atoms with Gasteiger partial charge in [-0.2, -0.15) is 0 Å². The molecule has 144 valence electrons. The summed E-state index contributed by atoms with van der Waals surface area (Å²) in [6.07, 6.45) is 2.01. The predicted molar refractivity (Wildman–Crippen MR) is 111 cm³/mol. The standard InChI is InChI=1S/C22H29N3O2/c1-5-6-11-23-22(27)18-7-9-19(10-8-18)25-20(26)14-24-21-16(3)12-15(2)13-17(21)4/h7-10,12-13,24H,5-6,11,14H2,1-4H3,(H,23,27)(H,25,26). The first-order valence-corrected chi connectivity index (χ1v) is 9.40. The second-order valence-corrected chi connectivity index (χ2v) is 6.86. The van der Waals surface area contributed by atoms with Crippen LogP contribution in [-0.2, 0) is 4.79 Å². The maximum Gasteiger partial charge on any atom is 0.251 e. The molecule has 27 heavy (non-hydrogen) atoms. The number of carbonyl (C=O) groups excluding carboxylic acids is 2. The number of anilines is 2. The van der Waals surface area contributed by atoms with Crippen LogP contribution in [0.5, 0.6) is 0 Å². The topological polar surface area (TPSA) is 70.2 Å². The maximum absolute atomic E-state index is 12.2. The lowest BCUT2D eigenvalue weighted by molar-refractivity contribution is -0.114. The van der Waals surface area contributed by atoms with Crippen molar-refractivity contribution < 1.29 is 9.59 Å². The Labute approximate surface area is 161 Å². The molecule has 0 aliphatic carbocycles. The van der Waals surface area contributed by atoms with Gasteiger partial charge in [-0.3, -0.25) is 9.59 Å². The quantitative estimate of drug-likeness (QED) is 0.613. The molecule has 0 fully saturated rings. The van der Waals surface area contributed by atoms with Crippen molar-refractivity contribution in [2.45, 2.75) is 40.5 Å². The fraction of sp³-hybridized carbons (Fsp3) is 0.364. The van der Waals surface area contributed by atoms with E-state index < -0.39 is 0 Å². The molecule has 0 unspecified atom stereocenters. The maximum atomic E-state index is 12.2. The van der Waals surface area contributed by atoms with E-state index in [9.17, 15) is 9.59 Å². The molecule has 0 spiro atoms. The fourth-order valence-electron chi connectivity index (χ4n) is 3.02. The zero-order valence-electron chi connectivity index (χ0n) is 16.6. The smallest absolute Gasteiger partial charge is 0.251 e. The summed E-state index contributed by atoms with van der Waals surface area (Å²) in [5.41, 5.74) is 5.71. The Morgan fingerprint density at radius 1 is 0.963 bits per heavy atom. The minimum Gasteiger partial charge on any atom is -0.376 e. The molecule has 5 nitrogen and oxygen atoms in total. The van der Waals surface area contributed by atoms with Crippen LogP contribution in [0.2, 0.25) is 0 Å². The highest BCUT2D eigenvalue weighted by atomic mass is 16.2. The molecular weight excluding hydrogens is 338 g/mol. The Balaban J connectivity index is 1.88. The first-order chi connectivity index (χ1) is 12.9. The van der Waals surface area contributed by atoms with E-state index in [1.165, 1.54) is 5.56 Å². The lowest BCUT2D eigenvalue weighted by Gasteiger charge is -2.14. The third kappa shape index (κ3) is 6.13. The van der Waals surface area contributed by atoms with Crippen LogP contribution in [0.4, 0.5) is 11.4 Å². The van der Waals surface area contributed by atoms with Gasteiger partial charge in [-0.05, 0) is 62.6 Å². The van der Waals surface area contributed by atoms with Crippen LogP contribution < -0.4 is 16.0 Å². The largest absolute Gasteiger partial charge is 0.376 e. The zero-order valence-corrected chi connectivity index (χ0v) is 16.6. The van der Waals surface area contributed by atoms with Crippen LogP contribution >= 0.6 is 0 Å². The number of hydrogen-bond donors (Lipinski definition) is 3. The Morgan fingerprint density at radius 2 is 1.59 bits per heavy atom. The summed E-state index contributed by atoms with van der Waals surface area (Å²) in [6, 6.07) is 11.1. The Morgan fingerprint density at radius 3 is 2.19 bits per heavy atom. The van der Waals surface area contributed by atoms with E-state index in [0.717, 1.165) is 29.7 Å². The summed E-state index contributed by atoms with van der Waals surface area (Å²) in [7, 11) is 0. The molecule has 0 aromatic heterocycles. The number of amides is 2. The summed E-state index contributed by atoms with van der Waals surface area (Å²) in [5.74, 6) is -0.220. The van der Waals surface area contributed by atoms with Gasteiger partial charge in [0.15, 0.2) is 0 Å². The third-order valence-corrected chi connectivity index (χ3v) is 4.35. The van der Waals surface area contributed by atoms with E-state index >= 15 is 0 Å². The Hall–Kier alpha value is -2.82. The van der Waals surface area contributed by atoms with Crippen molar-refractivity contribution >= 4 is 23.2 Å². The highest BCUT2D eigenvalue weighted by Crippen LogP contribution is 2.21. The van der Waals surface area contributed by atoms with E-state index in [4.69, 9.17) is 0 Å². The van der Waals surface area contributed by atoms with Gasteiger partial charge in [-0.15, -0.1) is 0 Å². The number of rotatable bonds is 8. The van der Waals surface area contributed by atoms with Gasteiger partial charge >= 0.3 is 0 Å². The number of aryl methyl sites for hydroxylation is 3. The Bertz CT molecular complexity index is 775. The van der Waals surface area contributed by atoms with Gasteiger partial charge in [0, 0.05) is 23.5 Å². The number of hydrogen-bond acceptors (Lipinski definition) is 3. The molecule has 0 radical (unpaired) electrons. The van der Waals surface area contributed by atoms with Crippen molar-refractivity contribution in [1.29, 1.82) is 0 Å². The van der Waals surface area contributed by atoms with Crippen LogP contribution in [-0.4, -0.2) is 24.9 Å². The molecule has 5 heteroatoms. The normalized spacial score (nSPS) is 10.4. The Kier molecular flexibility index (Phi) is 7.41. The molecule has 2 aromatic carbocycles. The SMILES string of the molecule is CCCCNC(=O)c1ccc(NC(=O)CNc2c(C)cc(C)cc2C)cc1. The second kappa shape index (κ2) is 9.76. The minimum atomic E-state index is -0.130. The summed E-state index contributed by atoms with van der Waals surface area (Å²) in [4.78, 5) is 24.2. The number of benzene rings is 2. The predicted octanol–water partition coefficient (Wildman–Crippen LogP) is 4.19. The first kappa shape index (κ1) is 20.5. The second-order valence-electron chi connectivity index (χ2n) is 6.86. The van der Waals surface area contributed by atoms with Crippen LogP contribution in [0.1, 0.15) is 46.8 Å². The lowest BCUT2D eigenvalue weighted by atomic mass is 10.1. The van der Waals surface area contributed by atoms with Crippen molar-refractivity contribution in [3.8, 4) is 0 Å². The number of carbonyl (C=O) groups is 2. The molecule has 0 aliphatic rings. The first-order valence-electron chi connectivity index (χ1n) is 9.40. The van der Waals surface area contributed by atoms with Gasteiger partial charge in [0.25, 0.3) is 5.91 Å². The summed E-state index contributed by atoms with van der Waals surface area (Å²) in [5, 5.41) is 8.94. The summed E-state index contributed by atoms with van der Waals surface area (Å²) >= 11 is 0. The van der Waals surface area contributed by atoms with Crippen molar-refractivity contribution in [1.82, 2.24) is 5.32 Å². The highest BCUT2D eigenvalue weighted by molar-refractivity contribution is 5.96. The molecule has 0 bridgehead atoms. The van der Waals surface area contributed by atoms with E-state index in [2.05, 4.69) is 41.9 Å². The van der Waals surface area contributed by atoms with E-state index in [1.54, 1.807) is 24.3 Å². The summed E-state index contributed by atoms with van der Waals surface area (Å²) < 4.78 is 0. The third-order valence-electron chi connectivity index (χ3n) is 4.35. The molecule has 3 N–H and O–H groups in total. The monoisotopic (exact) mass is 367 g/mol. The van der Waals surface area contributed by atoms with Gasteiger partial charge < -0.3 is 16.0 Å². The van der Waals surface area contributed by atoms with Gasteiger partial charge in [0.2, 0.25) is 5.91 Å². The van der Waals surface area contributed by atoms with Crippen molar-refractivity contribution in [3.63, 3.8) is 0 Å². The lowest BCUT2D eigenvalue weighted by Crippen LogP contribution is -2.24. The molecule has 0 atom stereocenters. The fourth-order valence-corrected chi connectivity index (χ4v) is 3.02. The number of nitrogens with one attached hydrogen (secondary N) is 3. The van der Waals surface area contributed by atoms with Gasteiger partial charge in [0.05, 0.1) is 6.54 Å². The molecule has 2 amide bonds. The molecule has 2 rings (SSSR count). The van der Waals surface area contributed by atoms with E-state index in [0.29, 0.717) is 17.8 Å². The van der Waals surface area contributed by atoms with Gasteiger partial charge in [-0.1, -0.05) is 31.0 Å². The van der Waals surface area contributed by atoms with E-state index in [1.807, 2.05) is 13.8 Å². The van der Waals surface area contributed by atoms with Crippen LogP contribution in [0.3, 0.4) is 0 Å². The van der Waals surface area contributed by atoms with Crippen LogP contribution in [0.15, 0.2) is 36.4 Å². The van der Waals surface area contributed by atoms with Gasteiger partial charge in [-0.25, -0.2) is 0 Å². The van der Waals surface area contributed by atoms with Crippen LogP contribution in [0, 0.1) is 20.8 Å². The molecule has 0 saturated heterocycles. The zero-order chi connectivity index (χ0) is 19.8. The van der Waals surface area contributed by atoms with Crippen molar-refractivity contribution in [2.75, 3.05) is 23.7 Å². The van der Waals surface area contributed by atoms with Gasteiger partial charge in [0.1, 0.15) is 0 Å². The van der Waals surface area contributed by atoms with E-state index in [-0.39, 0.29) is 18.4 Å². The van der Waals surface area contributed by atoms with Crippen LogP contribution in [0.25, 0.3) is 0 Å². The van der Waals surface area contributed by atoms with Crippen molar-refractivity contribution in [3.05, 3.63) is 58.7 Å². The molecule has 0 saturated carbocycles. The molecule has 0 heterocycles. The highest BCUT2D eigenvalue weighted by Gasteiger charge is 2.08. The minimum absolute atomic E-state index is 0.0895. The average Bonchev–Trinajstić information content (AvgIpc) is 2.61. The van der Waals surface area contributed by atoms with Crippen molar-refractivity contribution in [2.24, 2.45) is 0 Å². The average molecular weight is 367 g/mol. The molecular formula is C22H29N3O2. The molecule has 0 aliphatic heterocycles. The summed E-state index contributed by atoms with van der Waals surface area (Å²) in [6.45, 7) is 9.07.